The molecule has 16 heavy (non-hydrogen) atoms. The van der Waals surface area contributed by atoms with Crippen molar-refractivity contribution < 1.29 is 0 Å². The molecule has 0 unspecified atom stereocenters. The van der Waals surface area contributed by atoms with Gasteiger partial charge < -0.3 is 0 Å². The standard InChI is InChI=1S/C8H6N2.C4H10.C2H6/c1-3-7-8(9-5-1)4-2-6-10-7;1-4(2)3;1-2/h1-6H;4H,1-3H3;1-2H3. The minimum atomic E-state index is 0.833. The summed E-state index contributed by atoms with van der Waals surface area (Å²) in [6.07, 6.45) is 3.54. The Morgan fingerprint density at radius 3 is 1.44 bits per heavy atom. The second-order valence-corrected chi connectivity index (χ2v) is 3.78. The number of hydrogen-bond donors (Lipinski definition) is 0. The van der Waals surface area contributed by atoms with Gasteiger partial charge in [0.25, 0.3) is 0 Å². The van der Waals surface area contributed by atoms with E-state index in [-0.39, 0.29) is 0 Å². The number of fused-ring (bicyclic) bond motifs is 1. The van der Waals surface area contributed by atoms with E-state index in [2.05, 4.69) is 30.7 Å². The van der Waals surface area contributed by atoms with Crippen LogP contribution in [0.5, 0.6) is 0 Å². The maximum absolute atomic E-state index is 4.12. The van der Waals surface area contributed by atoms with Gasteiger partial charge in [0.05, 0.1) is 11.0 Å². The fourth-order valence-electron chi connectivity index (χ4n) is 0.904. The molecule has 0 aliphatic rings. The number of aromatic nitrogens is 2. The van der Waals surface area contributed by atoms with E-state index in [4.69, 9.17) is 0 Å². The molecule has 0 fully saturated rings. The van der Waals surface area contributed by atoms with Crippen LogP contribution in [-0.2, 0) is 0 Å². The van der Waals surface area contributed by atoms with E-state index in [0.717, 1.165) is 17.0 Å². The van der Waals surface area contributed by atoms with Crippen molar-refractivity contribution in [2.45, 2.75) is 34.6 Å². The largest absolute Gasteiger partial charge is 0.255 e. The zero-order valence-corrected chi connectivity index (χ0v) is 10.9. The van der Waals surface area contributed by atoms with Crippen LogP contribution in [0.1, 0.15) is 34.6 Å². The number of pyridine rings is 2. The van der Waals surface area contributed by atoms with Crippen LogP contribution in [0.15, 0.2) is 36.7 Å². The lowest BCUT2D eigenvalue weighted by molar-refractivity contribution is 0.737. The van der Waals surface area contributed by atoms with Crippen molar-refractivity contribution in [1.82, 2.24) is 9.97 Å². The summed E-state index contributed by atoms with van der Waals surface area (Å²) in [5.41, 5.74) is 1.90. The van der Waals surface area contributed by atoms with Crippen molar-refractivity contribution in [3.8, 4) is 0 Å². The number of hydrogen-bond acceptors (Lipinski definition) is 2. The molecule has 2 nitrogen and oxygen atoms in total. The van der Waals surface area contributed by atoms with Crippen LogP contribution < -0.4 is 0 Å². The molecule has 0 spiro atoms. The van der Waals surface area contributed by atoms with Gasteiger partial charge in [-0.25, -0.2) is 0 Å². The first-order chi connectivity index (χ1) is 7.70. The van der Waals surface area contributed by atoms with Crippen LogP contribution in [-0.4, -0.2) is 9.97 Å². The van der Waals surface area contributed by atoms with E-state index in [0.29, 0.717) is 0 Å². The summed E-state index contributed by atoms with van der Waals surface area (Å²) in [5, 5.41) is 0. The summed E-state index contributed by atoms with van der Waals surface area (Å²) in [7, 11) is 0. The SMILES string of the molecule is CC.CC(C)C.c1cnc2cccnc2c1. The summed E-state index contributed by atoms with van der Waals surface area (Å²) in [5.74, 6) is 0.833. The average molecular weight is 218 g/mol. The lowest BCUT2D eigenvalue weighted by atomic mass is 10.3. The fraction of sp³-hybridized carbons (Fsp3) is 0.429. The lowest BCUT2D eigenvalue weighted by Gasteiger charge is -1.90. The molecule has 0 saturated carbocycles. The Balaban J connectivity index is 0.000000323. The summed E-state index contributed by atoms with van der Waals surface area (Å²) in [6, 6.07) is 7.66. The van der Waals surface area contributed by atoms with Crippen molar-refractivity contribution in [2.24, 2.45) is 5.92 Å². The minimum Gasteiger partial charge on any atom is -0.255 e. The molecule has 0 aromatic carbocycles. The van der Waals surface area contributed by atoms with E-state index in [9.17, 15) is 0 Å². The number of nitrogens with zero attached hydrogens (tertiary/aromatic N) is 2. The topological polar surface area (TPSA) is 25.8 Å². The molecular formula is C14H22N2. The van der Waals surface area contributed by atoms with Gasteiger partial charge in [-0.1, -0.05) is 34.6 Å². The highest BCUT2D eigenvalue weighted by atomic mass is 14.7. The highest BCUT2D eigenvalue weighted by Crippen LogP contribution is 2.04. The molecule has 2 aromatic heterocycles. The lowest BCUT2D eigenvalue weighted by Crippen LogP contribution is -1.78. The predicted molar refractivity (Wildman–Crippen MR) is 71.4 cm³/mol. The Labute approximate surface area is 98.8 Å². The molecule has 2 aromatic rings. The third-order valence-electron chi connectivity index (χ3n) is 1.37. The average Bonchev–Trinajstić information content (AvgIpc) is 2.31. The zero-order valence-electron chi connectivity index (χ0n) is 10.9. The normalized spacial score (nSPS) is 8.88. The van der Waals surface area contributed by atoms with Gasteiger partial charge in [0.1, 0.15) is 0 Å². The van der Waals surface area contributed by atoms with E-state index in [1.165, 1.54) is 0 Å². The van der Waals surface area contributed by atoms with Gasteiger partial charge >= 0.3 is 0 Å². The van der Waals surface area contributed by atoms with E-state index in [1.54, 1.807) is 12.4 Å². The highest BCUT2D eigenvalue weighted by Gasteiger charge is 1.88. The first-order valence-electron chi connectivity index (χ1n) is 5.86. The summed E-state index contributed by atoms with van der Waals surface area (Å²) >= 11 is 0. The fourth-order valence-corrected chi connectivity index (χ4v) is 0.904. The smallest absolute Gasteiger partial charge is 0.0886 e. The molecule has 0 bridgehead atoms. The summed E-state index contributed by atoms with van der Waals surface area (Å²) < 4.78 is 0. The van der Waals surface area contributed by atoms with Gasteiger partial charge in [0.15, 0.2) is 0 Å². The third-order valence-corrected chi connectivity index (χ3v) is 1.37. The van der Waals surface area contributed by atoms with Crippen LogP contribution in [0.25, 0.3) is 11.0 Å². The molecule has 0 atom stereocenters. The van der Waals surface area contributed by atoms with Crippen LogP contribution in [0.4, 0.5) is 0 Å². The van der Waals surface area contributed by atoms with Gasteiger partial charge in [-0.2, -0.15) is 0 Å². The Kier molecular flexibility index (Phi) is 8.04. The van der Waals surface area contributed by atoms with Gasteiger partial charge in [0.2, 0.25) is 0 Å². The third kappa shape index (κ3) is 6.12. The highest BCUT2D eigenvalue weighted by molar-refractivity contribution is 5.72. The van der Waals surface area contributed by atoms with Crippen molar-refractivity contribution in [3.05, 3.63) is 36.7 Å². The van der Waals surface area contributed by atoms with Crippen LogP contribution in [0, 0.1) is 5.92 Å². The predicted octanol–water partition coefficient (Wildman–Crippen LogP) is 4.32. The van der Waals surface area contributed by atoms with Crippen molar-refractivity contribution in [2.75, 3.05) is 0 Å². The molecule has 2 rings (SSSR count). The zero-order chi connectivity index (χ0) is 12.4. The Bertz CT molecular complexity index is 315. The monoisotopic (exact) mass is 218 g/mol. The van der Waals surface area contributed by atoms with Crippen LogP contribution in [0.3, 0.4) is 0 Å². The maximum Gasteiger partial charge on any atom is 0.0886 e. The molecule has 0 amide bonds. The number of rotatable bonds is 0. The summed E-state index contributed by atoms with van der Waals surface area (Å²) in [6.45, 7) is 10.5. The second-order valence-electron chi connectivity index (χ2n) is 3.78. The molecule has 2 heteroatoms. The van der Waals surface area contributed by atoms with Crippen LogP contribution in [0.2, 0.25) is 0 Å². The van der Waals surface area contributed by atoms with Gasteiger partial charge in [0, 0.05) is 12.4 Å². The Hall–Kier alpha value is -1.44. The molecule has 0 saturated heterocycles. The second kappa shape index (κ2) is 8.84. The van der Waals surface area contributed by atoms with E-state index < -0.39 is 0 Å². The molecule has 0 radical (unpaired) electrons. The Morgan fingerprint density at radius 2 is 1.12 bits per heavy atom. The van der Waals surface area contributed by atoms with Crippen molar-refractivity contribution in [1.29, 1.82) is 0 Å². The quantitative estimate of drug-likeness (QED) is 0.658. The molecule has 2 heterocycles. The van der Waals surface area contributed by atoms with E-state index >= 15 is 0 Å². The first-order valence-corrected chi connectivity index (χ1v) is 5.86. The maximum atomic E-state index is 4.12. The molecule has 0 N–H and O–H groups in total. The molecule has 0 aliphatic carbocycles. The van der Waals surface area contributed by atoms with E-state index in [1.807, 2.05) is 38.1 Å². The van der Waals surface area contributed by atoms with Crippen molar-refractivity contribution in [3.63, 3.8) is 0 Å². The Morgan fingerprint density at radius 1 is 0.812 bits per heavy atom. The van der Waals surface area contributed by atoms with Gasteiger partial charge in [-0.15, -0.1) is 0 Å². The first kappa shape index (κ1) is 14.6. The molecule has 0 aliphatic heterocycles. The van der Waals surface area contributed by atoms with Gasteiger partial charge in [-0.05, 0) is 30.2 Å². The molecular weight excluding hydrogens is 196 g/mol. The molecule has 88 valence electrons. The summed E-state index contributed by atoms with van der Waals surface area (Å²) in [4.78, 5) is 8.24. The van der Waals surface area contributed by atoms with Crippen molar-refractivity contribution >= 4 is 11.0 Å². The van der Waals surface area contributed by atoms with Gasteiger partial charge in [-0.3, -0.25) is 9.97 Å². The van der Waals surface area contributed by atoms with Crippen LogP contribution >= 0.6 is 0 Å². The minimum absolute atomic E-state index is 0.833.